The predicted octanol–water partition coefficient (Wildman–Crippen LogP) is 3.00. The van der Waals surface area contributed by atoms with Gasteiger partial charge in [0.1, 0.15) is 17.7 Å². The summed E-state index contributed by atoms with van der Waals surface area (Å²) in [4.78, 5) is 8.98. The SMILES string of the molecule is CN=C(NCC(C)Oc1cccc(Cl)c1)NC1CCc2nc(C(C)C)nn2C1. The molecule has 28 heavy (non-hydrogen) atoms. The Labute approximate surface area is 171 Å². The molecule has 2 unspecified atom stereocenters. The van der Waals surface area contributed by atoms with E-state index in [1.165, 1.54) is 0 Å². The van der Waals surface area contributed by atoms with Crippen LogP contribution in [-0.2, 0) is 13.0 Å². The van der Waals surface area contributed by atoms with Crippen molar-refractivity contribution in [1.82, 2.24) is 25.4 Å². The Morgan fingerprint density at radius 2 is 2.21 bits per heavy atom. The number of nitrogens with one attached hydrogen (secondary N) is 2. The first-order valence-corrected chi connectivity index (χ1v) is 10.2. The summed E-state index contributed by atoms with van der Waals surface area (Å²) in [6.45, 7) is 7.68. The Bertz CT molecular complexity index is 819. The van der Waals surface area contributed by atoms with E-state index >= 15 is 0 Å². The summed E-state index contributed by atoms with van der Waals surface area (Å²) in [7, 11) is 1.78. The number of hydrogen-bond donors (Lipinski definition) is 2. The summed E-state index contributed by atoms with van der Waals surface area (Å²) in [5.74, 6) is 3.87. The summed E-state index contributed by atoms with van der Waals surface area (Å²) < 4.78 is 7.92. The Balaban J connectivity index is 1.49. The van der Waals surface area contributed by atoms with Crippen LogP contribution in [-0.4, -0.2) is 46.5 Å². The molecule has 3 rings (SSSR count). The van der Waals surface area contributed by atoms with E-state index in [1.54, 1.807) is 7.05 Å². The number of hydrogen-bond acceptors (Lipinski definition) is 4. The van der Waals surface area contributed by atoms with Gasteiger partial charge in [-0.3, -0.25) is 4.99 Å². The van der Waals surface area contributed by atoms with Gasteiger partial charge in [-0.15, -0.1) is 0 Å². The smallest absolute Gasteiger partial charge is 0.191 e. The second-order valence-electron chi connectivity index (χ2n) is 7.44. The van der Waals surface area contributed by atoms with Crippen LogP contribution in [0.25, 0.3) is 0 Å². The number of nitrogens with zero attached hydrogens (tertiary/aromatic N) is 4. The summed E-state index contributed by atoms with van der Waals surface area (Å²) >= 11 is 6.01. The zero-order chi connectivity index (χ0) is 20.1. The first kappa shape index (κ1) is 20.5. The van der Waals surface area contributed by atoms with E-state index in [4.69, 9.17) is 16.3 Å². The molecule has 0 bridgehead atoms. The Morgan fingerprint density at radius 1 is 1.39 bits per heavy atom. The molecular weight excluding hydrogens is 376 g/mol. The number of guanidine groups is 1. The predicted molar refractivity (Wildman–Crippen MR) is 112 cm³/mol. The topological polar surface area (TPSA) is 76.4 Å². The molecule has 1 aromatic heterocycles. The maximum atomic E-state index is 6.01. The van der Waals surface area contributed by atoms with E-state index in [0.717, 1.165) is 42.7 Å². The van der Waals surface area contributed by atoms with E-state index in [9.17, 15) is 0 Å². The van der Waals surface area contributed by atoms with Crippen LogP contribution < -0.4 is 15.4 Å². The van der Waals surface area contributed by atoms with Crippen LogP contribution in [0.3, 0.4) is 0 Å². The first-order valence-electron chi connectivity index (χ1n) is 9.77. The average Bonchev–Trinajstić information content (AvgIpc) is 3.09. The zero-order valence-corrected chi connectivity index (χ0v) is 17.7. The van der Waals surface area contributed by atoms with Crippen molar-refractivity contribution >= 4 is 17.6 Å². The number of aliphatic imine (C=N–C) groups is 1. The van der Waals surface area contributed by atoms with Crippen LogP contribution in [0.4, 0.5) is 0 Å². The van der Waals surface area contributed by atoms with Crippen molar-refractivity contribution in [2.75, 3.05) is 13.6 Å². The molecule has 0 aliphatic carbocycles. The van der Waals surface area contributed by atoms with Gasteiger partial charge >= 0.3 is 0 Å². The van der Waals surface area contributed by atoms with Crippen LogP contribution in [0, 0.1) is 0 Å². The third-order valence-corrected chi connectivity index (χ3v) is 4.88. The normalized spacial score (nSPS) is 17.9. The molecule has 2 N–H and O–H groups in total. The van der Waals surface area contributed by atoms with E-state index in [2.05, 4.69) is 39.6 Å². The summed E-state index contributed by atoms with van der Waals surface area (Å²) in [5.41, 5.74) is 0. The molecule has 0 fully saturated rings. The van der Waals surface area contributed by atoms with Crippen molar-refractivity contribution in [1.29, 1.82) is 0 Å². The molecule has 0 spiro atoms. The molecule has 1 aliphatic heterocycles. The van der Waals surface area contributed by atoms with Gasteiger partial charge in [-0.1, -0.05) is 31.5 Å². The molecule has 0 saturated carbocycles. The quantitative estimate of drug-likeness (QED) is 0.571. The van der Waals surface area contributed by atoms with Gasteiger partial charge in [-0.05, 0) is 31.5 Å². The lowest BCUT2D eigenvalue weighted by Gasteiger charge is -2.26. The summed E-state index contributed by atoms with van der Waals surface area (Å²) in [6, 6.07) is 7.69. The minimum Gasteiger partial charge on any atom is -0.489 e. The summed E-state index contributed by atoms with van der Waals surface area (Å²) in [6.07, 6.45) is 1.90. The fourth-order valence-corrected chi connectivity index (χ4v) is 3.31. The fourth-order valence-electron chi connectivity index (χ4n) is 3.13. The molecule has 2 atom stereocenters. The number of benzene rings is 1. The highest BCUT2D eigenvalue weighted by Crippen LogP contribution is 2.18. The van der Waals surface area contributed by atoms with Crippen molar-refractivity contribution in [2.45, 2.75) is 58.2 Å². The lowest BCUT2D eigenvalue weighted by molar-refractivity contribution is 0.223. The third kappa shape index (κ3) is 5.38. The molecule has 2 aromatic rings. The number of aryl methyl sites for hydroxylation is 1. The minimum atomic E-state index is -0.0288. The molecular formula is C20H29ClN6O. The highest BCUT2D eigenvalue weighted by Gasteiger charge is 2.23. The second kappa shape index (κ2) is 9.28. The molecule has 1 aromatic carbocycles. The number of rotatable bonds is 6. The number of halogens is 1. The second-order valence-corrected chi connectivity index (χ2v) is 7.88. The fraction of sp³-hybridized carbons (Fsp3) is 0.550. The van der Waals surface area contributed by atoms with E-state index in [1.807, 2.05) is 35.9 Å². The molecule has 1 aliphatic rings. The van der Waals surface area contributed by atoms with Gasteiger partial charge in [-0.25, -0.2) is 9.67 Å². The average molecular weight is 405 g/mol. The Kier molecular flexibility index (Phi) is 6.78. The van der Waals surface area contributed by atoms with Gasteiger partial charge in [-0.2, -0.15) is 5.10 Å². The van der Waals surface area contributed by atoms with Gasteiger partial charge in [0.05, 0.1) is 13.1 Å². The van der Waals surface area contributed by atoms with Gasteiger partial charge in [0, 0.05) is 30.5 Å². The molecule has 0 radical (unpaired) electrons. The largest absolute Gasteiger partial charge is 0.489 e. The Hall–Kier alpha value is -2.28. The maximum absolute atomic E-state index is 6.01. The lowest BCUT2D eigenvalue weighted by Crippen LogP contribution is -2.48. The van der Waals surface area contributed by atoms with Gasteiger partial charge in [0.2, 0.25) is 0 Å². The maximum Gasteiger partial charge on any atom is 0.191 e. The minimum absolute atomic E-state index is 0.0288. The van der Waals surface area contributed by atoms with E-state index in [0.29, 0.717) is 17.5 Å². The van der Waals surface area contributed by atoms with Crippen molar-refractivity contribution in [3.63, 3.8) is 0 Å². The van der Waals surface area contributed by atoms with Crippen LogP contribution in [0.1, 0.15) is 44.8 Å². The first-order chi connectivity index (χ1) is 13.4. The van der Waals surface area contributed by atoms with Crippen molar-refractivity contribution < 1.29 is 4.74 Å². The van der Waals surface area contributed by atoms with Crippen LogP contribution in [0.2, 0.25) is 5.02 Å². The van der Waals surface area contributed by atoms with E-state index in [-0.39, 0.29) is 12.1 Å². The standard InChI is InChI=1S/C20H29ClN6O/c1-13(2)19-25-18-9-8-16(12-27(18)26-19)24-20(22-4)23-11-14(3)28-17-7-5-6-15(21)10-17/h5-7,10,13-14,16H,8-9,11-12H2,1-4H3,(H2,22,23,24). The van der Waals surface area contributed by atoms with Crippen molar-refractivity contribution in [2.24, 2.45) is 4.99 Å². The molecule has 7 nitrogen and oxygen atoms in total. The van der Waals surface area contributed by atoms with E-state index < -0.39 is 0 Å². The number of aromatic nitrogens is 3. The number of fused-ring (bicyclic) bond motifs is 1. The zero-order valence-electron chi connectivity index (χ0n) is 16.9. The number of ether oxygens (including phenoxy) is 1. The van der Waals surface area contributed by atoms with Crippen molar-refractivity contribution in [3.8, 4) is 5.75 Å². The molecule has 0 amide bonds. The van der Waals surface area contributed by atoms with Gasteiger partial charge < -0.3 is 15.4 Å². The third-order valence-electron chi connectivity index (χ3n) is 4.65. The molecule has 0 saturated heterocycles. The highest BCUT2D eigenvalue weighted by atomic mass is 35.5. The van der Waals surface area contributed by atoms with Crippen LogP contribution in [0.15, 0.2) is 29.3 Å². The highest BCUT2D eigenvalue weighted by molar-refractivity contribution is 6.30. The molecule has 2 heterocycles. The van der Waals surface area contributed by atoms with Crippen LogP contribution >= 0.6 is 11.6 Å². The molecule has 8 heteroatoms. The van der Waals surface area contributed by atoms with Crippen molar-refractivity contribution in [3.05, 3.63) is 40.9 Å². The summed E-state index contributed by atoms with van der Waals surface area (Å²) in [5, 5.41) is 12.1. The monoisotopic (exact) mass is 404 g/mol. The van der Waals surface area contributed by atoms with Gasteiger partial charge in [0.15, 0.2) is 11.8 Å². The van der Waals surface area contributed by atoms with Gasteiger partial charge in [0.25, 0.3) is 0 Å². The molecule has 152 valence electrons. The lowest BCUT2D eigenvalue weighted by atomic mass is 10.1. The van der Waals surface area contributed by atoms with Crippen LogP contribution in [0.5, 0.6) is 5.75 Å². The Morgan fingerprint density at radius 3 is 2.93 bits per heavy atom.